The average molecular weight is 275 g/mol. The van der Waals surface area contributed by atoms with E-state index in [9.17, 15) is 4.79 Å². The number of nitrogens with two attached hydrogens (primary N) is 5. The first-order valence-corrected chi connectivity index (χ1v) is 5.59. The lowest BCUT2D eigenvalue weighted by Crippen LogP contribution is -1.99. The third kappa shape index (κ3) is 4.30. The largest absolute Gasteiger partial charge is 0.478 e. The van der Waals surface area contributed by atoms with E-state index >= 15 is 0 Å². The topological polar surface area (TPSA) is 167 Å². The van der Waals surface area contributed by atoms with Gasteiger partial charge in [-0.1, -0.05) is 0 Å². The third-order valence-electron chi connectivity index (χ3n) is 2.34. The quantitative estimate of drug-likeness (QED) is 0.421. The molecule has 0 atom stereocenters. The minimum absolute atomic E-state index is 0.113. The summed E-state index contributed by atoms with van der Waals surface area (Å²) >= 11 is 0. The Morgan fingerprint density at radius 3 is 1.70 bits per heavy atom. The smallest absolute Gasteiger partial charge is 0.335 e. The van der Waals surface area contributed by atoms with E-state index in [1.807, 2.05) is 0 Å². The van der Waals surface area contributed by atoms with Crippen molar-refractivity contribution in [2.75, 3.05) is 28.7 Å². The number of nitrogen functional groups attached to an aromatic ring is 5. The minimum atomic E-state index is -1.02. The Labute approximate surface area is 116 Å². The van der Waals surface area contributed by atoms with E-state index in [-0.39, 0.29) is 5.56 Å². The maximum absolute atomic E-state index is 10.4. The lowest BCUT2D eigenvalue weighted by molar-refractivity contribution is 0.0697. The first kappa shape index (κ1) is 15.0. The summed E-state index contributed by atoms with van der Waals surface area (Å²) in [5, 5.41) is 8.52. The van der Waals surface area contributed by atoms with E-state index in [2.05, 4.69) is 0 Å². The number of anilines is 5. The van der Waals surface area contributed by atoms with Crippen molar-refractivity contribution < 1.29 is 9.90 Å². The molecule has 7 heteroatoms. The SMILES string of the molecule is Nc1cc(N)cc(C(=O)O)c1.Nc1ccc(N)c(N)c1. The van der Waals surface area contributed by atoms with Crippen molar-refractivity contribution in [2.45, 2.75) is 0 Å². The molecule has 0 saturated heterocycles. The van der Waals surface area contributed by atoms with Crippen LogP contribution in [0.5, 0.6) is 0 Å². The van der Waals surface area contributed by atoms with Crippen molar-refractivity contribution in [3.05, 3.63) is 42.0 Å². The molecule has 0 aliphatic rings. The van der Waals surface area contributed by atoms with Crippen molar-refractivity contribution in [2.24, 2.45) is 0 Å². The van der Waals surface area contributed by atoms with Crippen molar-refractivity contribution in [1.29, 1.82) is 0 Å². The van der Waals surface area contributed by atoms with Gasteiger partial charge in [0.25, 0.3) is 0 Å². The number of hydrogen-bond acceptors (Lipinski definition) is 6. The van der Waals surface area contributed by atoms with Crippen LogP contribution in [0.3, 0.4) is 0 Å². The van der Waals surface area contributed by atoms with Gasteiger partial charge in [-0.15, -0.1) is 0 Å². The van der Waals surface area contributed by atoms with Crippen LogP contribution in [0, 0.1) is 0 Å². The standard InChI is InChI=1S/C7H8N2O2.C6H9N3/c8-5-1-4(7(10)11)2-6(9)3-5;7-4-1-2-5(8)6(9)3-4/h1-3H,8-9H2,(H,10,11);1-3H,7-9H2. The number of aromatic carboxylic acids is 1. The second-order valence-corrected chi connectivity index (χ2v) is 4.08. The summed E-state index contributed by atoms with van der Waals surface area (Å²) in [5.74, 6) is -1.02. The minimum Gasteiger partial charge on any atom is -0.478 e. The second kappa shape index (κ2) is 6.19. The van der Waals surface area contributed by atoms with Crippen LogP contribution >= 0.6 is 0 Å². The fourth-order valence-electron chi connectivity index (χ4n) is 1.39. The Morgan fingerprint density at radius 2 is 1.30 bits per heavy atom. The van der Waals surface area contributed by atoms with E-state index in [0.29, 0.717) is 28.4 Å². The molecule has 0 bridgehead atoms. The molecule has 11 N–H and O–H groups in total. The molecular formula is C13H17N5O2. The predicted molar refractivity (Wildman–Crippen MR) is 81.9 cm³/mol. The van der Waals surface area contributed by atoms with Crippen LogP contribution in [0.15, 0.2) is 36.4 Å². The number of hydrogen-bond donors (Lipinski definition) is 6. The van der Waals surface area contributed by atoms with Crippen LogP contribution in [0.4, 0.5) is 28.4 Å². The summed E-state index contributed by atoms with van der Waals surface area (Å²) in [6.07, 6.45) is 0. The zero-order chi connectivity index (χ0) is 15.3. The Balaban J connectivity index is 0.000000204. The molecule has 0 fully saturated rings. The molecule has 0 aliphatic heterocycles. The highest BCUT2D eigenvalue weighted by atomic mass is 16.4. The average Bonchev–Trinajstić information content (AvgIpc) is 2.34. The van der Waals surface area contributed by atoms with E-state index in [1.54, 1.807) is 18.2 Å². The van der Waals surface area contributed by atoms with Crippen LogP contribution in [-0.4, -0.2) is 11.1 Å². The van der Waals surface area contributed by atoms with Gasteiger partial charge in [-0.3, -0.25) is 0 Å². The van der Waals surface area contributed by atoms with Crippen LogP contribution in [0.2, 0.25) is 0 Å². The molecule has 106 valence electrons. The molecule has 0 radical (unpaired) electrons. The fraction of sp³-hybridized carbons (Fsp3) is 0. The van der Waals surface area contributed by atoms with E-state index in [4.69, 9.17) is 33.8 Å². The first-order chi connectivity index (χ1) is 9.29. The number of carboxylic acid groups (broad SMARTS) is 1. The van der Waals surface area contributed by atoms with Crippen molar-refractivity contribution >= 4 is 34.4 Å². The third-order valence-corrected chi connectivity index (χ3v) is 2.34. The number of carbonyl (C=O) groups is 1. The van der Waals surface area contributed by atoms with Gasteiger partial charge in [0.15, 0.2) is 0 Å². The summed E-state index contributed by atoms with van der Waals surface area (Å²) in [6, 6.07) is 9.26. The summed E-state index contributed by atoms with van der Waals surface area (Å²) in [4.78, 5) is 10.4. The lowest BCUT2D eigenvalue weighted by atomic mass is 10.2. The lowest BCUT2D eigenvalue weighted by Gasteiger charge is -1.98. The molecule has 0 saturated carbocycles. The molecule has 0 spiro atoms. The van der Waals surface area contributed by atoms with Gasteiger partial charge < -0.3 is 33.8 Å². The molecule has 7 nitrogen and oxygen atoms in total. The van der Waals surface area contributed by atoms with Gasteiger partial charge in [0, 0.05) is 17.1 Å². The molecule has 0 aromatic heterocycles. The highest BCUT2D eigenvalue weighted by Crippen LogP contribution is 2.16. The van der Waals surface area contributed by atoms with E-state index in [0.717, 1.165) is 0 Å². The highest BCUT2D eigenvalue weighted by Gasteiger charge is 2.03. The fourth-order valence-corrected chi connectivity index (χ4v) is 1.39. The Bertz CT molecular complexity index is 608. The molecule has 0 aliphatic carbocycles. The summed E-state index contributed by atoms with van der Waals surface area (Å²) in [5.41, 5.74) is 29.5. The molecular weight excluding hydrogens is 258 g/mol. The molecule has 20 heavy (non-hydrogen) atoms. The number of benzene rings is 2. The summed E-state index contributed by atoms with van der Waals surface area (Å²) in [7, 11) is 0. The molecule has 0 amide bonds. The van der Waals surface area contributed by atoms with Crippen LogP contribution in [0.25, 0.3) is 0 Å². The highest BCUT2D eigenvalue weighted by molar-refractivity contribution is 5.90. The molecule has 2 rings (SSSR count). The van der Waals surface area contributed by atoms with Crippen molar-refractivity contribution in [3.8, 4) is 0 Å². The number of rotatable bonds is 1. The van der Waals surface area contributed by atoms with Crippen LogP contribution < -0.4 is 28.7 Å². The summed E-state index contributed by atoms with van der Waals surface area (Å²) < 4.78 is 0. The second-order valence-electron chi connectivity index (χ2n) is 4.08. The van der Waals surface area contributed by atoms with Gasteiger partial charge in [0.05, 0.1) is 16.9 Å². The predicted octanol–water partition coefficient (Wildman–Crippen LogP) is 0.982. The van der Waals surface area contributed by atoms with Gasteiger partial charge in [-0.2, -0.15) is 0 Å². The maximum atomic E-state index is 10.4. The van der Waals surface area contributed by atoms with Crippen molar-refractivity contribution in [3.63, 3.8) is 0 Å². The van der Waals surface area contributed by atoms with E-state index in [1.165, 1.54) is 18.2 Å². The van der Waals surface area contributed by atoms with Gasteiger partial charge >= 0.3 is 5.97 Å². The molecule has 2 aromatic carbocycles. The normalized spacial score (nSPS) is 9.40. The molecule has 0 unspecified atom stereocenters. The maximum Gasteiger partial charge on any atom is 0.335 e. The van der Waals surface area contributed by atoms with E-state index < -0.39 is 5.97 Å². The van der Waals surface area contributed by atoms with Gasteiger partial charge in [0.1, 0.15) is 0 Å². The van der Waals surface area contributed by atoms with Gasteiger partial charge in [-0.25, -0.2) is 4.79 Å². The number of carboxylic acids is 1. The van der Waals surface area contributed by atoms with Crippen LogP contribution in [-0.2, 0) is 0 Å². The molecule has 0 heterocycles. The van der Waals surface area contributed by atoms with Gasteiger partial charge in [-0.05, 0) is 36.4 Å². The van der Waals surface area contributed by atoms with Gasteiger partial charge in [0.2, 0.25) is 0 Å². The summed E-state index contributed by atoms with van der Waals surface area (Å²) in [6.45, 7) is 0. The molecule has 2 aromatic rings. The zero-order valence-corrected chi connectivity index (χ0v) is 10.7. The Morgan fingerprint density at radius 1 is 0.750 bits per heavy atom. The Kier molecular flexibility index (Phi) is 4.63. The van der Waals surface area contributed by atoms with Crippen molar-refractivity contribution in [1.82, 2.24) is 0 Å². The Hall–Kier alpha value is -3.09. The monoisotopic (exact) mass is 275 g/mol. The first-order valence-electron chi connectivity index (χ1n) is 5.59. The van der Waals surface area contributed by atoms with Crippen LogP contribution in [0.1, 0.15) is 10.4 Å². The zero-order valence-electron chi connectivity index (χ0n) is 10.7.